The third-order valence-corrected chi connectivity index (χ3v) is 2.04. The first-order valence-electron chi connectivity index (χ1n) is 4.73. The van der Waals surface area contributed by atoms with Crippen molar-refractivity contribution in [2.75, 3.05) is 14.2 Å². The quantitative estimate of drug-likeness (QED) is 0.787. The summed E-state index contributed by atoms with van der Waals surface area (Å²) in [5.74, 6) is 1.87. The lowest BCUT2D eigenvalue weighted by atomic mass is 10.3. The van der Waals surface area contributed by atoms with Gasteiger partial charge >= 0.3 is 0 Å². The van der Waals surface area contributed by atoms with Gasteiger partial charge in [0.25, 0.3) is 0 Å². The molecule has 5 heteroatoms. The monoisotopic (exact) mass is 220 g/mol. The van der Waals surface area contributed by atoms with Gasteiger partial charge in [-0.25, -0.2) is 0 Å². The summed E-state index contributed by atoms with van der Waals surface area (Å²) in [7, 11) is 3.18. The molecular formula is C11H12N2O3. The number of ether oxygens (including phenoxy) is 2. The molecule has 0 spiro atoms. The van der Waals surface area contributed by atoms with E-state index < -0.39 is 0 Å². The van der Waals surface area contributed by atoms with Gasteiger partial charge < -0.3 is 14.3 Å². The molecule has 1 heterocycles. The van der Waals surface area contributed by atoms with Crippen LogP contribution in [0, 0.1) is 0 Å². The van der Waals surface area contributed by atoms with Crippen molar-refractivity contribution in [3.63, 3.8) is 0 Å². The molecule has 1 aromatic heterocycles. The molecular weight excluding hydrogens is 208 g/mol. The second-order valence-electron chi connectivity index (χ2n) is 3.02. The van der Waals surface area contributed by atoms with Crippen molar-refractivity contribution in [3.05, 3.63) is 36.7 Å². The lowest BCUT2D eigenvalue weighted by Crippen LogP contribution is -2.06. The minimum Gasteiger partial charge on any atom is -0.497 e. The molecule has 1 aromatic carbocycles. The predicted octanol–water partition coefficient (Wildman–Crippen LogP) is 1.74. The van der Waals surface area contributed by atoms with E-state index >= 15 is 0 Å². The van der Waals surface area contributed by atoms with Crippen molar-refractivity contribution in [2.24, 2.45) is 0 Å². The first kappa shape index (κ1) is 10.4. The molecule has 0 aliphatic heterocycles. The van der Waals surface area contributed by atoms with E-state index in [9.17, 15) is 0 Å². The molecule has 0 atom stereocenters. The van der Waals surface area contributed by atoms with Gasteiger partial charge in [-0.3, -0.25) is 0 Å². The average molecular weight is 220 g/mol. The van der Waals surface area contributed by atoms with Crippen molar-refractivity contribution in [1.29, 1.82) is 0 Å². The summed E-state index contributed by atoms with van der Waals surface area (Å²) in [6, 6.07) is 7.08. The Labute approximate surface area is 93.1 Å². The number of benzene rings is 1. The van der Waals surface area contributed by atoms with Crippen LogP contribution in [0.15, 0.2) is 36.7 Å². The van der Waals surface area contributed by atoms with E-state index in [1.54, 1.807) is 50.9 Å². The minimum atomic E-state index is 0.547. The van der Waals surface area contributed by atoms with E-state index in [4.69, 9.17) is 14.3 Å². The molecule has 0 aliphatic carbocycles. The highest BCUT2D eigenvalue weighted by atomic mass is 16.7. The van der Waals surface area contributed by atoms with Crippen LogP contribution in [0.2, 0.25) is 0 Å². The van der Waals surface area contributed by atoms with Crippen LogP contribution in [0.4, 0.5) is 0 Å². The van der Waals surface area contributed by atoms with Gasteiger partial charge in [-0.05, 0) is 18.2 Å². The first-order chi connectivity index (χ1) is 7.83. The summed E-state index contributed by atoms with van der Waals surface area (Å²) in [6.07, 6.45) is 3.32. The molecule has 0 amide bonds. The smallest absolute Gasteiger partial charge is 0.203 e. The zero-order valence-corrected chi connectivity index (χ0v) is 9.08. The van der Waals surface area contributed by atoms with E-state index in [2.05, 4.69) is 5.10 Å². The molecule has 0 bridgehead atoms. The molecule has 0 fully saturated rings. The molecule has 84 valence electrons. The van der Waals surface area contributed by atoms with Crippen LogP contribution in [0.25, 0.3) is 0 Å². The van der Waals surface area contributed by atoms with Crippen LogP contribution >= 0.6 is 0 Å². The van der Waals surface area contributed by atoms with Gasteiger partial charge in [0, 0.05) is 6.07 Å². The van der Waals surface area contributed by atoms with Crippen molar-refractivity contribution >= 4 is 0 Å². The SMILES string of the molecule is COc1ccc(OC)c(On2cccn2)c1. The van der Waals surface area contributed by atoms with Crippen LogP contribution in [0.1, 0.15) is 0 Å². The Morgan fingerprint density at radius 1 is 1.12 bits per heavy atom. The number of aromatic nitrogens is 2. The van der Waals surface area contributed by atoms with Gasteiger partial charge in [0.05, 0.1) is 26.6 Å². The molecule has 0 N–H and O–H groups in total. The van der Waals surface area contributed by atoms with Crippen LogP contribution in [-0.2, 0) is 0 Å². The van der Waals surface area contributed by atoms with Gasteiger partial charge in [-0.15, -0.1) is 9.94 Å². The number of methoxy groups -OCH3 is 2. The van der Waals surface area contributed by atoms with Crippen LogP contribution < -0.4 is 14.3 Å². The average Bonchev–Trinajstić information content (AvgIpc) is 2.82. The highest BCUT2D eigenvalue weighted by molar-refractivity contribution is 5.45. The molecule has 0 unspecified atom stereocenters. The van der Waals surface area contributed by atoms with E-state index in [1.807, 2.05) is 0 Å². The number of hydrogen-bond acceptors (Lipinski definition) is 4. The zero-order chi connectivity index (χ0) is 11.4. The Kier molecular flexibility index (Phi) is 2.95. The molecule has 2 aromatic rings. The van der Waals surface area contributed by atoms with E-state index in [1.165, 1.54) is 4.85 Å². The lowest BCUT2D eigenvalue weighted by Gasteiger charge is -2.10. The first-order valence-corrected chi connectivity index (χ1v) is 4.73. The molecule has 0 saturated carbocycles. The number of hydrogen-bond donors (Lipinski definition) is 0. The van der Waals surface area contributed by atoms with E-state index in [0.29, 0.717) is 17.2 Å². The second kappa shape index (κ2) is 4.57. The Morgan fingerprint density at radius 2 is 2.00 bits per heavy atom. The Bertz CT molecular complexity index is 454. The van der Waals surface area contributed by atoms with Gasteiger partial charge in [-0.1, -0.05) is 0 Å². The maximum Gasteiger partial charge on any atom is 0.203 e. The Balaban J connectivity index is 2.30. The maximum atomic E-state index is 5.48. The fraction of sp³-hybridized carbons (Fsp3) is 0.182. The number of rotatable bonds is 4. The standard InChI is InChI=1S/C11H12N2O3/c1-14-9-4-5-10(15-2)11(8-9)16-13-7-3-6-12-13/h3-8H,1-2H3. The zero-order valence-electron chi connectivity index (χ0n) is 9.08. The largest absolute Gasteiger partial charge is 0.497 e. The maximum absolute atomic E-state index is 5.48. The molecule has 0 radical (unpaired) electrons. The summed E-state index contributed by atoms with van der Waals surface area (Å²) in [6.45, 7) is 0. The van der Waals surface area contributed by atoms with Gasteiger partial charge in [-0.2, -0.15) is 0 Å². The number of nitrogens with zero attached hydrogens (tertiary/aromatic N) is 2. The fourth-order valence-electron chi connectivity index (χ4n) is 1.26. The van der Waals surface area contributed by atoms with Crippen molar-refractivity contribution < 1.29 is 14.3 Å². The predicted molar refractivity (Wildman–Crippen MR) is 57.8 cm³/mol. The van der Waals surface area contributed by atoms with Gasteiger partial charge in [0.1, 0.15) is 5.75 Å². The van der Waals surface area contributed by atoms with Gasteiger partial charge in [0.15, 0.2) is 5.75 Å². The minimum absolute atomic E-state index is 0.547. The Hall–Kier alpha value is -2.17. The van der Waals surface area contributed by atoms with Gasteiger partial charge in [0.2, 0.25) is 5.75 Å². The Morgan fingerprint density at radius 3 is 2.62 bits per heavy atom. The fourth-order valence-corrected chi connectivity index (χ4v) is 1.26. The van der Waals surface area contributed by atoms with Crippen molar-refractivity contribution in [2.45, 2.75) is 0 Å². The van der Waals surface area contributed by atoms with Crippen molar-refractivity contribution in [1.82, 2.24) is 9.94 Å². The molecule has 5 nitrogen and oxygen atoms in total. The summed E-state index contributed by atoms with van der Waals surface area (Å²) < 4.78 is 10.3. The van der Waals surface area contributed by atoms with Crippen molar-refractivity contribution in [3.8, 4) is 17.2 Å². The van der Waals surface area contributed by atoms with E-state index in [0.717, 1.165) is 0 Å². The normalized spacial score (nSPS) is 9.88. The summed E-state index contributed by atoms with van der Waals surface area (Å²) >= 11 is 0. The molecule has 16 heavy (non-hydrogen) atoms. The summed E-state index contributed by atoms with van der Waals surface area (Å²) in [4.78, 5) is 6.83. The van der Waals surface area contributed by atoms with Crippen LogP contribution in [0.5, 0.6) is 17.2 Å². The van der Waals surface area contributed by atoms with Crippen LogP contribution in [0.3, 0.4) is 0 Å². The highest BCUT2D eigenvalue weighted by Gasteiger charge is 2.07. The van der Waals surface area contributed by atoms with E-state index in [-0.39, 0.29) is 0 Å². The molecule has 0 aliphatic rings. The lowest BCUT2D eigenvalue weighted by molar-refractivity contribution is 0.170. The highest BCUT2D eigenvalue weighted by Crippen LogP contribution is 2.31. The van der Waals surface area contributed by atoms with Crippen LogP contribution in [-0.4, -0.2) is 24.2 Å². The molecule has 2 rings (SSSR count). The molecule has 0 saturated heterocycles. The third kappa shape index (κ3) is 2.08. The topological polar surface area (TPSA) is 45.5 Å². The summed E-state index contributed by atoms with van der Waals surface area (Å²) in [5, 5.41) is 3.94. The summed E-state index contributed by atoms with van der Waals surface area (Å²) in [5.41, 5.74) is 0. The second-order valence-corrected chi connectivity index (χ2v) is 3.02. The third-order valence-electron chi connectivity index (χ3n) is 2.04.